The van der Waals surface area contributed by atoms with Crippen molar-refractivity contribution in [3.05, 3.63) is 23.8 Å². The number of nitrogens with one attached hydrogen (secondary N) is 1. The number of hydrogen-bond donors (Lipinski definition) is 2. The average Bonchev–Trinajstić information content (AvgIpc) is 2.66. The zero-order valence-corrected chi connectivity index (χ0v) is 18.9. The van der Waals surface area contributed by atoms with E-state index in [1.54, 1.807) is 20.8 Å². The second kappa shape index (κ2) is 10.6. The first kappa shape index (κ1) is 27.4. The molecule has 1 aliphatic heterocycles. The normalized spacial score (nSPS) is 16.2. The summed E-state index contributed by atoms with van der Waals surface area (Å²) < 4.78 is 72.6. The van der Waals surface area contributed by atoms with Gasteiger partial charge in [-0.25, -0.2) is 8.78 Å². The summed E-state index contributed by atoms with van der Waals surface area (Å²) in [5.74, 6) is -3.10. The molecular formula is C21H27F5N4O4. The van der Waals surface area contributed by atoms with Crippen molar-refractivity contribution < 1.29 is 41.1 Å². The van der Waals surface area contributed by atoms with Crippen LogP contribution in [0, 0.1) is 5.41 Å². The van der Waals surface area contributed by atoms with E-state index in [0.29, 0.717) is 6.07 Å². The van der Waals surface area contributed by atoms with Crippen molar-refractivity contribution >= 4 is 29.1 Å². The molecule has 0 spiro atoms. The summed E-state index contributed by atoms with van der Waals surface area (Å²) in [6.45, 7) is 3.79. The largest absolute Gasteiger partial charge is 0.418 e. The van der Waals surface area contributed by atoms with Gasteiger partial charge >= 0.3 is 6.18 Å². The molecule has 0 aromatic heterocycles. The van der Waals surface area contributed by atoms with Gasteiger partial charge in [-0.1, -0.05) is 20.8 Å². The Labute approximate surface area is 193 Å². The van der Waals surface area contributed by atoms with Crippen LogP contribution >= 0.6 is 0 Å². The summed E-state index contributed by atoms with van der Waals surface area (Å²) in [5.41, 5.74) is 2.60. The van der Waals surface area contributed by atoms with Gasteiger partial charge in [-0.2, -0.15) is 13.2 Å². The first-order valence-electron chi connectivity index (χ1n) is 10.3. The van der Waals surface area contributed by atoms with Crippen molar-refractivity contribution in [2.24, 2.45) is 11.1 Å². The van der Waals surface area contributed by atoms with E-state index in [0.717, 1.165) is 15.9 Å². The number of amides is 3. The van der Waals surface area contributed by atoms with E-state index in [1.165, 1.54) is 6.07 Å². The van der Waals surface area contributed by atoms with Crippen LogP contribution in [0.15, 0.2) is 18.2 Å². The highest BCUT2D eigenvalue weighted by molar-refractivity contribution is 6.10. The summed E-state index contributed by atoms with van der Waals surface area (Å²) in [4.78, 5) is 38.8. The average molecular weight is 494 g/mol. The van der Waals surface area contributed by atoms with Crippen molar-refractivity contribution in [3.8, 4) is 0 Å². The number of rotatable bonds is 8. The van der Waals surface area contributed by atoms with Gasteiger partial charge in [0.25, 0.3) is 18.2 Å². The molecule has 34 heavy (non-hydrogen) atoms. The van der Waals surface area contributed by atoms with E-state index in [1.807, 2.05) is 5.32 Å². The fraction of sp³-hybridized carbons (Fsp3) is 0.571. The van der Waals surface area contributed by atoms with Crippen molar-refractivity contribution in [3.63, 3.8) is 0 Å². The van der Waals surface area contributed by atoms with E-state index >= 15 is 0 Å². The number of ether oxygens (including phenoxy) is 1. The minimum atomic E-state index is -4.94. The number of halogens is 5. The topological polar surface area (TPSA) is 105 Å². The van der Waals surface area contributed by atoms with E-state index in [4.69, 9.17) is 10.5 Å². The highest BCUT2D eigenvalue weighted by atomic mass is 19.4. The van der Waals surface area contributed by atoms with Crippen molar-refractivity contribution in [1.29, 1.82) is 0 Å². The third-order valence-corrected chi connectivity index (χ3v) is 4.80. The molecule has 0 radical (unpaired) electrons. The molecule has 0 saturated carbocycles. The second-order valence-electron chi connectivity index (χ2n) is 9.00. The van der Waals surface area contributed by atoms with Gasteiger partial charge in [0.05, 0.1) is 24.4 Å². The maximum absolute atomic E-state index is 13.8. The third kappa shape index (κ3) is 7.35. The number of alkyl halides is 5. The molecule has 3 N–H and O–H groups in total. The molecule has 0 unspecified atom stereocenters. The highest BCUT2D eigenvalue weighted by Crippen LogP contribution is 2.38. The molecule has 1 fully saturated rings. The van der Waals surface area contributed by atoms with Gasteiger partial charge in [0.1, 0.15) is 6.61 Å². The van der Waals surface area contributed by atoms with Crippen LogP contribution in [0.3, 0.4) is 0 Å². The predicted molar refractivity (Wildman–Crippen MR) is 113 cm³/mol. The molecule has 1 aromatic carbocycles. The van der Waals surface area contributed by atoms with Crippen LogP contribution < -0.4 is 16.0 Å². The van der Waals surface area contributed by atoms with Crippen molar-refractivity contribution in [2.45, 2.75) is 39.4 Å². The Kier molecular flexibility index (Phi) is 8.59. The van der Waals surface area contributed by atoms with E-state index in [-0.39, 0.29) is 32.0 Å². The second-order valence-corrected chi connectivity index (χ2v) is 9.00. The quantitative estimate of drug-likeness (QED) is 0.427. The van der Waals surface area contributed by atoms with Crippen molar-refractivity contribution in [1.82, 2.24) is 4.90 Å². The van der Waals surface area contributed by atoms with Crippen molar-refractivity contribution in [2.75, 3.05) is 43.1 Å². The number of morpholine rings is 1. The van der Waals surface area contributed by atoms with E-state index in [9.17, 15) is 36.3 Å². The number of carbonyl (C=O) groups is 3. The van der Waals surface area contributed by atoms with Crippen LogP contribution in [-0.4, -0.2) is 67.9 Å². The molecule has 190 valence electrons. The highest BCUT2D eigenvalue weighted by Gasteiger charge is 2.39. The molecule has 13 heteroatoms. The fourth-order valence-corrected chi connectivity index (χ4v) is 3.56. The lowest BCUT2D eigenvalue weighted by molar-refractivity contribution is -0.137. The van der Waals surface area contributed by atoms with Gasteiger partial charge < -0.3 is 20.7 Å². The Morgan fingerprint density at radius 2 is 1.88 bits per heavy atom. The molecule has 1 saturated heterocycles. The molecular weight excluding hydrogens is 467 g/mol. The number of primary amides is 1. The number of nitrogens with two attached hydrogens (primary N) is 1. The lowest BCUT2D eigenvalue weighted by Crippen LogP contribution is -2.55. The smallest absolute Gasteiger partial charge is 0.370 e. The zero-order chi connectivity index (χ0) is 25.8. The van der Waals surface area contributed by atoms with Crippen LogP contribution in [0.4, 0.5) is 33.3 Å². The zero-order valence-electron chi connectivity index (χ0n) is 18.9. The molecule has 1 aliphatic rings. The Bertz CT molecular complexity index is 917. The van der Waals surface area contributed by atoms with Gasteiger partial charge in [0.2, 0.25) is 5.91 Å². The van der Waals surface area contributed by atoms with Crippen LogP contribution in [0.2, 0.25) is 0 Å². The van der Waals surface area contributed by atoms with E-state index < -0.39 is 59.6 Å². The van der Waals surface area contributed by atoms with Gasteiger partial charge in [0, 0.05) is 18.8 Å². The Morgan fingerprint density at radius 1 is 1.24 bits per heavy atom. The van der Waals surface area contributed by atoms with Crippen LogP contribution in [0.1, 0.15) is 26.3 Å². The minimum absolute atomic E-state index is 0.0426. The molecule has 0 bridgehead atoms. The van der Waals surface area contributed by atoms with E-state index in [2.05, 4.69) is 0 Å². The Balaban J connectivity index is 2.40. The molecule has 1 heterocycles. The number of carbonyl (C=O) groups excluding carboxylic acids is 3. The minimum Gasteiger partial charge on any atom is -0.370 e. The predicted octanol–water partition coefficient (Wildman–Crippen LogP) is 2.47. The van der Waals surface area contributed by atoms with Gasteiger partial charge in [-0.15, -0.1) is 0 Å². The molecule has 3 amide bonds. The molecule has 1 aromatic rings. The summed E-state index contributed by atoms with van der Waals surface area (Å²) in [6.07, 6.45) is -7.86. The molecule has 8 nitrogen and oxygen atoms in total. The third-order valence-electron chi connectivity index (χ3n) is 4.80. The number of nitrogens with zero attached hydrogens (tertiary/aromatic N) is 2. The maximum atomic E-state index is 13.8. The summed E-state index contributed by atoms with van der Waals surface area (Å²) >= 11 is 0. The number of benzene rings is 1. The molecule has 2 rings (SSSR count). The summed E-state index contributed by atoms with van der Waals surface area (Å²) in [6, 6.07) is 0.872. The first-order chi connectivity index (χ1) is 15.6. The maximum Gasteiger partial charge on any atom is 0.418 e. The monoisotopic (exact) mass is 494 g/mol. The Morgan fingerprint density at radius 3 is 2.38 bits per heavy atom. The SMILES string of the molecule is CC(C)(C)CN(CC(F)F)[C@@H](C(N)=O)C(=O)Nc1ccc(N2CCOCC2=O)cc1C(F)(F)F. The summed E-state index contributed by atoms with van der Waals surface area (Å²) in [5, 5.41) is 2.00. The Hall–Kier alpha value is -2.80. The first-order valence-corrected chi connectivity index (χ1v) is 10.3. The molecule has 0 aliphatic carbocycles. The van der Waals surface area contributed by atoms with Gasteiger partial charge in [0.15, 0.2) is 6.04 Å². The van der Waals surface area contributed by atoms with Gasteiger partial charge in [-0.3, -0.25) is 19.3 Å². The fourth-order valence-electron chi connectivity index (χ4n) is 3.56. The lowest BCUT2D eigenvalue weighted by atomic mass is 9.95. The number of anilines is 2. The molecule has 1 atom stereocenters. The lowest BCUT2D eigenvalue weighted by Gasteiger charge is -2.34. The van der Waals surface area contributed by atoms with Crippen LogP contribution in [-0.2, 0) is 25.3 Å². The van der Waals surface area contributed by atoms with Crippen LogP contribution in [0.25, 0.3) is 0 Å². The standard InChI is InChI=1S/C21H27F5N4O4/c1-20(2,3)11-29(9-15(22)23)17(18(27)32)19(33)28-14-5-4-12(8-13(14)21(24,25)26)30-6-7-34-10-16(30)31/h4-5,8,15,17H,6-7,9-11H2,1-3H3,(H2,27,32)(H,28,33)/t17-/m0/s1. The number of hydrogen-bond acceptors (Lipinski definition) is 5. The van der Waals surface area contributed by atoms with Gasteiger partial charge in [-0.05, 0) is 23.6 Å². The summed E-state index contributed by atoms with van der Waals surface area (Å²) in [7, 11) is 0. The van der Waals surface area contributed by atoms with Crippen LogP contribution in [0.5, 0.6) is 0 Å².